The molecule has 1 rings (SSSR count). The molecule has 1 aromatic carbocycles. The second-order valence-corrected chi connectivity index (χ2v) is 4.61. The van der Waals surface area contributed by atoms with Gasteiger partial charge in [0.25, 0.3) is 0 Å². The van der Waals surface area contributed by atoms with Crippen LogP contribution in [0.5, 0.6) is 5.75 Å². The Labute approximate surface area is 95.4 Å². The predicted octanol–water partition coefficient (Wildman–Crippen LogP) is 2.96. The van der Waals surface area contributed by atoms with Crippen LogP contribution >= 0.6 is 0 Å². The summed E-state index contributed by atoms with van der Waals surface area (Å²) in [6.45, 7) is 9.39. The summed E-state index contributed by atoms with van der Waals surface area (Å²) >= 11 is 0. The molecule has 0 fully saturated rings. The van der Waals surface area contributed by atoms with Gasteiger partial charge in [-0.1, -0.05) is 32.9 Å². The molecule has 0 atom stereocenters. The average Bonchev–Trinajstić information content (AvgIpc) is 2.17. The van der Waals surface area contributed by atoms with Crippen LogP contribution in [0, 0.1) is 0 Å². The van der Waals surface area contributed by atoms with Crippen molar-refractivity contribution in [2.24, 2.45) is 0 Å². The minimum Gasteiger partial charge on any atom is -0.502 e. The van der Waals surface area contributed by atoms with Gasteiger partial charge >= 0.3 is 5.97 Å². The molecule has 0 aliphatic heterocycles. The second kappa shape index (κ2) is 4.39. The Balaban J connectivity index is 2.80. The van der Waals surface area contributed by atoms with Crippen molar-refractivity contribution >= 4 is 5.97 Å². The van der Waals surface area contributed by atoms with Crippen LogP contribution in [-0.2, 0) is 10.2 Å². The molecule has 0 saturated heterocycles. The zero-order valence-corrected chi connectivity index (χ0v) is 9.78. The first-order chi connectivity index (χ1) is 7.30. The van der Waals surface area contributed by atoms with Crippen molar-refractivity contribution in [2.75, 3.05) is 0 Å². The number of ether oxygens (including phenoxy) is 1. The maximum atomic E-state index is 11.0. The minimum atomic E-state index is -0.830. The second-order valence-electron chi connectivity index (χ2n) is 4.61. The fourth-order valence-corrected chi connectivity index (χ4v) is 1.19. The number of rotatable bonds is 2. The lowest BCUT2D eigenvalue weighted by atomic mass is 9.87. The van der Waals surface area contributed by atoms with Crippen LogP contribution in [0.4, 0.5) is 0 Å². The molecule has 0 aliphatic rings. The summed E-state index contributed by atoms with van der Waals surface area (Å²) in [5, 5.41) is 8.80. The third-order valence-electron chi connectivity index (χ3n) is 2.17. The lowest BCUT2D eigenvalue weighted by Gasteiger charge is -2.18. The van der Waals surface area contributed by atoms with Crippen molar-refractivity contribution in [1.29, 1.82) is 0 Å². The highest BCUT2D eigenvalue weighted by molar-refractivity contribution is 5.86. The van der Waals surface area contributed by atoms with E-state index in [0.29, 0.717) is 5.75 Å². The Morgan fingerprint density at radius 3 is 2.12 bits per heavy atom. The molecule has 1 aromatic rings. The van der Waals surface area contributed by atoms with E-state index in [1.165, 1.54) is 0 Å². The number of hydrogen-bond donors (Lipinski definition) is 1. The largest absolute Gasteiger partial charge is 0.502 e. The van der Waals surface area contributed by atoms with E-state index in [4.69, 9.17) is 9.84 Å². The van der Waals surface area contributed by atoms with Crippen LogP contribution < -0.4 is 4.74 Å². The summed E-state index contributed by atoms with van der Waals surface area (Å²) in [4.78, 5) is 11.0. The van der Waals surface area contributed by atoms with Gasteiger partial charge in [-0.25, -0.2) is 4.79 Å². The zero-order valence-electron chi connectivity index (χ0n) is 9.78. The number of hydrogen-bond acceptors (Lipinski definition) is 3. The van der Waals surface area contributed by atoms with E-state index in [2.05, 4.69) is 27.4 Å². The number of aliphatic hydroxyl groups is 1. The molecule has 0 saturated carbocycles. The highest BCUT2D eigenvalue weighted by Gasteiger charge is 2.14. The number of aliphatic hydroxyl groups excluding tert-OH is 1. The van der Waals surface area contributed by atoms with E-state index in [0.717, 1.165) is 5.56 Å². The Bertz CT molecular complexity index is 396. The number of carbonyl (C=O) groups is 1. The van der Waals surface area contributed by atoms with Crippen LogP contribution in [0.3, 0.4) is 0 Å². The Morgan fingerprint density at radius 1 is 1.25 bits per heavy atom. The Morgan fingerprint density at radius 2 is 1.75 bits per heavy atom. The average molecular weight is 220 g/mol. The number of carbonyl (C=O) groups excluding carboxylic acids is 1. The number of esters is 1. The summed E-state index contributed by atoms with van der Waals surface area (Å²) in [6.07, 6.45) is 0. The molecular weight excluding hydrogens is 204 g/mol. The van der Waals surface area contributed by atoms with Gasteiger partial charge in [-0.15, -0.1) is 0 Å². The first kappa shape index (κ1) is 12.3. The van der Waals surface area contributed by atoms with Crippen molar-refractivity contribution in [1.82, 2.24) is 0 Å². The molecule has 3 heteroatoms. The molecule has 0 unspecified atom stereocenters. The van der Waals surface area contributed by atoms with Crippen molar-refractivity contribution in [3.05, 3.63) is 42.2 Å². The molecule has 0 aromatic heterocycles. The third-order valence-corrected chi connectivity index (χ3v) is 2.17. The molecule has 1 N–H and O–H groups in total. The molecule has 0 spiro atoms. The van der Waals surface area contributed by atoms with Crippen molar-refractivity contribution in [2.45, 2.75) is 26.2 Å². The lowest BCUT2D eigenvalue weighted by Crippen LogP contribution is -2.12. The zero-order chi connectivity index (χ0) is 12.3. The number of benzene rings is 1. The maximum Gasteiger partial charge on any atom is 0.378 e. The highest BCUT2D eigenvalue weighted by atomic mass is 16.5. The quantitative estimate of drug-likeness (QED) is 0.361. The lowest BCUT2D eigenvalue weighted by molar-refractivity contribution is -0.132. The van der Waals surface area contributed by atoms with E-state index in [1.54, 1.807) is 12.1 Å². The first-order valence-electron chi connectivity index (χ1n) is 5.01. The van der Waals surface area contributed by atoms with Crippen LogP contribution in [-0.4, -0.2) is 11.1 Å². The SMILES string of the molecule is C=C(O)C(=O)Oc1ccc(C(C)(C)C)cc1. The smallest absolute Gasteiger partial charge is 0.378 e. The van der Waals surface area contributed by atoms with Gasteiger partial charge in [0.1, 0.15) is 5.75 Å². The first-order valence-corrected chi connectivity index (χ1v) is 5.01. The molecule has 16 heavy (non-hydrogen) atoms. The van der Waals surface area contributed by atoms with Gasteiger partial charge in [0.2, 0.25) is 0 Å². The molecule has 0 bridgehead atoms. The van der Waals surface area contributed by atoms with Gasteiger partial charge in [-0.2, -0.15) is 0 Å². The summed E-state index contributed by atoms with van der Waals surface area (Å²) < 4.78 is 4.85. The van der Waals surface area contributed by atoms with E-state index in [1.807, 2.05) is 12.1 Å². The van der Waals surface area contributed by atoms with Crippen LogP contribution in [0.25, 0.3) is 0 Å². The molecule has 86 valence electrons. The van der Waals surface area contributed by atoms with E-state index in [-0.39, 0.29) is 5.41 Å². The van der Waals surface area contributed by atoms with E-state index < -0.39 is 11.7 Å². The summed E-state index contributed by atoms with van der Waals surface area (Å²) in [5.41, 5.74) is 1.21. The van der Waals surface area contributed by atoms with Gasteiger partial charge in [-0.3, -0.25) is 0 Å². The summed E-state index contributed by atoms with van der Waals surface area (Å²) in [6, 6.07) is 7.17. The maximum absolute atomic E-state index is 11.0. The molecule has 0 amide bonds. The monoisotopic (exact) mass is 220 g/mol. The van der Waals surface area contributed by atoms with Crippen molar-refractivity contribution < 1.29 is 14.6 Å². The minimum absolute atomic E-state index is 0.0586. The van der Waals surface area contributed by atoms with Crippen molar-refractivity contribution in [3.63, 3.8) is 0 Å². The van der Waals surface area contributed by atoms with Crippen LogP contribution in [0.1, 0.15) is 26.3 Å². The predicted molar refractivity (Wildman–Crippen MR) is 62.5 cm³/mol. The normalized spacial score (nSPS) is 10.9. The summed E-state index contributed by atoms with van der Waals surface area (Å²) in [7, 11) is 0. The fourth-order valence-electron chi connectivity index (χ4n) is 1.19. The summed E-state index contributed by atoms with van der Waals surface area (Å²) in [5.74, 6) is -1.03. The van der Waals surface area contributed by atoms with Crippen LogP contribution in [0.2, 0.25) is 0 Å². The molecule has 0 aliphatic carbocycles. The van der Waals surface area contributed by atoms with Gasteiger partial charge in [-0.05, 0) is 29.7 Å². The fraction of sp³-hybridized carbons (Fsp3) is 0.308. The topological polar surface area (TPSA) is 46.5 Å². The van der Waals surface area contributed by atoms with Gasteiger partial charge in [0.05, 0.1) is 0 Å². The van der Waals surface area contributed by atoms with Gasteiger partial charge in [0.15, 0.2) is 5.76 Å². The highest BCUT2D eigenvalue weighted by Crippen LogP contribution is 2.24. The van der Waals surface area contributed by atoms with E-state index in [9.17, 15) is 4.79 Å². The van der Waals surface area contributed by atoms with Crippen molar-refractivity contribution in [3.8, 4) is 5.75 Å². The van der Waals surface area contributed by atoms with Gasteiger partial charge in [0, 0.05) is 0 Å². The Hall–Kier alpha value is -1.77. The molecule has 0 radical (unpaired) electrons. The molecule has 0 heterocycles. The molecular formula is C13H16O3. The Kier molecular flexibility index (Phi) is 3.38. The molecule has 3 nitrogen and oxygen atoms in total. The standard InChI is InChI=1S/C13H16O3/c1-9(14)12(15)16-11-7-5-10(6-8-11)13(2,3)4/h5-8,14H,1H2,2-4H3. The third kappa shape index (κ3) is 3.12. The van der Waals surface area contributed by atoms with Crippen LogP contribution in [0.15, 0.2) is 36.6 Å². The van der Waals surface area contributed by atoms with Gasteiger partial charge < -0.3 is 9.84 Å². The van der Waals surface area contributed by atoms with E-state index >= 15 is 0 Å².